The fraction of sp³-hybridized carbons (Fsp3) is 0.750. The first-order valence-corrected chi connectivity index (χ1v) is 6.41. The number of nitrogens with zero attached hydrogens (tertiary/aromatic N) is 3. The zero-order chi connectivity index (χ0) is 13.6. The largest absolute Gasteiger partial charge is 0.464 e. The van der Waals surface area contributed by atoms with Crippen LogP contribution in [0.1, 0.15) is 40.5 Å². The highest BCUT2D eigenvalue weighted by molar-refractivity contribution is 5.37. The van der Waals surface area contributed by atoms with E-state index in [-0.39, 0.29) is 5.54 Å². The summed E-state index contributed by atoms with van der Waals surface area (Å²) in [5.41, 5.74) is -0.0180. The molecule has 1 aromatic heterocycles. The molecule has 1 aromatic rings. The van der Waals surface area contributed by atoms with Crippen LogP contribution in [0.15, 0.2) is 0 Å². The number of ether oxygens (including phenoxy) is 1. The SMILES string of the molecule is CCOc1nc(NC)nc(NC(C)(CC)CC)n1. The molecule has 0 aliphatic heterocycles. The summed E-state index contributed by atoms with van der Waals surface area (Å²) < 4.78 is 5.33. The molecule has 2 N–H and O–H groups in total. The number of hydrogen-bond acceptors (Lipinski definition) is 6. The van der Waals surface area contributed by atoms with Crippen LogP contribution >= 0.6 is 0 Å². The van der Waals surface area contributed by atoms with Crippen molar-refractivity contribution in [1.29, 1.82) is 0 Å². The van der Waals surface area contributed by atoms with E-state index in [9.17, 15) is 0 Å². The maximum atomic E-state index is 5.33. The van der Waals surface area contributed by atoms with Crippen molar-refractivity contribution in [3.05, 3.63) is 0 Å². The van der Waals surface area contributed by atoms with Gasteiger partial charge in [0.15, 0.2) is 0 Å². The predicted molar refractivity (Wildman–Crippen MR) is 73.2 cm³/mol. The van der Waals surface area contributed by atoms with E-state index in [1.54, 1.807) is 7.05 Å². The molecule has 0 atom stereocenters. The molecule has 6 heteroatoms. The lowest BCUT2D eigenvalue weighted by molar-refractivity contribution is 0.312. The minimum absolute atomic E-state index is 0.0180. The third kappa shape index (κ3) is 3.72. The molecule has 0 bridgehead atoms. The van der Waals surface area contributed by atoms with Gasteiger partial charge in [-0.25, -0.2) is 0 Å². The van der Waals surface area contributed by atoms with Gasteiger partial charge in [-0.15, -0.1) is 0 Å². The highest BCUT2D eigenvalue weighted by Crippen LogP contribution is 2.20. The first-order chi connectivity index (χ1) is 8.56. The predicted octanol–water partition coefficient (Wildman–Crippen LogP) is 2.30. The molecule has 0 saturated heterocycles. The molecule has 6 nitrogen and oxygen atoms in total. The molecule has 0 spiro atoms. The summed E-state index contributed by atoms with van der Waals surface area (Å²) in [4.78, 5) is 12.7. The first kappa shape index (κ1) is 14.5. The van der Waals surface area contributed by atoms with Gasteiger partial charge in [0.05, 0.1) is 6.61 Å². The Labute approximate surface area is 109 Å². The summed E-state index contributed by atoms with van der Waals surface area (Å²) in [6.45, 7) is 8.86. The van der Waals surface area contributed by atoms with Crippen molar-refractivity contribution in [1.82, 2.24) is 15.0 Å². The molecule has 0 fully saturated rings. The molecule has 0 unspecified atom stereocenters. The number of aromatic nitrogens is 3. The van der Waals surface area contributed by atoms with E-state index < -0.39 is 0 Å². The van der Waals surface area contributed by atoms with E-state index in [0.717, 1.165) is 12.8 Å². The molecule has 0 radical (unpaired) electrons. The average Bonchev–Trinajstić information content (AvgIpc) is 2.38. The van der Waals surface area contributed by atoms with Crippen LogP contribution in [0, 0.1) is 0 Å². The summed E-state index contributed by atoms with van der Waals surface area (Å²) >= 11 is 0. The summed E-state index contributed by atoms with van der Waals surface area (Å²) in [5, 5.41) is 6.25. The summed E-state index contributed by atoms with van der Waals surface area (Å²) in [6.07, 6.45) is 1.99. The van der Waals surface area contributed by atoms with Gasteiger partial charge in [0.1, 0.15) is 0 Å². The number of rotatable bonds is 7. The summed E-state index contributed by atoms with van der Waals surface area (Å²) in [6, 6.07) is 0.342. The molecule has 0 aromatic carbocycles. The van der Waals surface area contributed by atoms with Crippen molar-refractivity contribution in [2.24, 2.45) is 0 Å². The van der Waals surface area contributed by atoms with Gasteiger partial charge in [-0.3, -0.25) is 0 Å². The highest BCUT2D eigenvalue weighted by Gasteiger charge is 2.21. The maximum Gasteiger partial charge on any atom is 0.323 e. The average molecular weight is 253 g/mol. The van der Waals surface area contributed by atoms with Gasteiger partial charge >= 0.3 is 6.01 Å². The van der Waals surface area contributed by atoms with Crippen LogP contribution in [-0.2, 0) is 0 Å². The Bertz CT molecular complexity index is 379. The van der Waals surface area contributed by atoms with Gasteiger partial charge in [-0.1, -0.05) is 13.8 Å². The molecule has 0 saturated carbocycles. The van der Waals surface area contributed by atoms with E-state index in [1.165, 1.54) is 0 Å². The Hall–Kier alpha value is -1.59. The van der Waals surface area contributed by atoms with E-state index >= 15 is 0 Å². The van der Waals surface area contributed by atoms with E-state index in [4.69, 9.17) is 4.74 Å². The normalized spacial score (nSPS) is 11.2. The van der Waals surface area contributed by atoms with Gasteiger partial charge < -0.3 is 15.4 Å². The minimum atomic E-state index is -0.0180. The van der Waals surface area contributed by atoms with Crippen LogP contribution in [0.5, 0.6) is 6.01 Å². The van der Waals surface area contributed by atoms with Crippen LogP contribution in [-0.4, -0.2) is 34.1 Å². The Balaban J connectivity index is 2.96. The quantitative estimate of drug-likeness (QED) is 0.777. The fourth-order valence-corrected chi connectivity index (χ4v) is 1.41. The Morgan fingerprint density at radius 2 is 1.67 bits per heavy atom. The van der Waals surface area contributed by atoms with Gasteiger partial charge in [-0.05, 0) is 26.7 Å². The molecule has 0 aliphatic rings. The second kappa shape index (κ2) is 6.37. The number of anilines is 2. The van der Waals surface area contributed by atoms with E-state index in [2.05, 4.69) is 46.4 Å². The van der Waals surface area contributed by atoms with Gasteiger partial charge in [0.25, 0.3) is 0 Å². The topological polar surface area (TPSA) is 72.0 Å². The van der Waals surface area contributed by atoms with Crippen molar-refractivity contribution in [3.63, 3.8) is 0 Å². The van der Waals surface area contributed by atoms with Crippen LogP contribution in [0.25, 0.3) is 0 Å². The third-order valence-electron chi connectivity index (χ3n) is 3.09. The van der Waals surface area contributed by atoms with Gasteiger partial charge in [0, 0.05) is 12.6 Å². The molecule has 0 amide bonds. The Kier molecular flexibility index (Phi) is 5.12. The number of nitrogens with one attached hydrogen (secondary N) is 2. The van der Waals surface area contributed by atoms with Crippen LogP contribution in [0.2, 0.25) is 0 Å². The molecular weight excluding hydrogens is 230 g/mol. The maximum absolute atomic E-state index is 5.33. The second-order valence-corrected chi connectivity index (χ2v) is 4.34. The first-order valence-electron chi connectivity index (χ1n) is 6.41. The second-order valence-electron chi connectivity index (χ2n) is 4.34. The minimum Gasteiger partial charge on any atom is -0.464 e. The van der Waals surface area contributed by atoms with E-state index in [0.29, 0.717) is 24.5 Å². The molecule has 0 aliphatic carbocycles. The zero-order valence-corrected chi connectivity index (χ0v) is 11.9. The van der Waals surface area contributed by atoms with Crippen LogP contribution in [0.3, 0.4) is 0 Å². The highest BCUT2D eigenvalue weighted by atomic mass is 16.5. The fourth-order valence-electron chi connectivity index (χ4n) is 1.41. The smallest absolute Gasteiger partial charge is 0.323 e. The van der Waals surface area contributed by atoms with Crippen molar-refractivity contribution >= 4 is 11.9 Å². The van der Waals surface area contributed by atoms with Crippen LogP contribution < -0.4 is 15.4 Å². The zero-order valence-electron chi connectivity index (χ0n) is 11.9. The Morgan fingerprint density at radius 1 is 1.06 bits per heavy atom. The lowest BCUT2D eigenvalue weighted by Crippen LogP contribution is -2.34. The lowest BCUT2D eigenvalue weighted by atomic mass is 9.96. The van der Waals surface area contributed by atoms with Gasteiger partial charge in [0.2, 0.25) is 11.9 Å². The summed E-state index contributed by atoms with van der Waals surface area (Å²) in [7, 11) is 1.77. The van der Waals surface area contributed by atoms with Crippen molar-refractivity contribution in [2.75, 3.05) is 24.3 Å². The molecule has 1 heterocycles. The van der Waals surface area contributed by atoms with Gasteiger partial charge in [-0.2, -0.15) is 15.0 Å². The third-order valence-corrected chi connectivity index (χ3v) is 3.09. The molecule has 1 rings (SSSR count). The molecule has 102 valence electrons. The Morgan fingerprint density at radius 3 is 2.17 bits per heavy atom. The molecular formula is C12H23N5O. The van der Waals surface area contributed by atoms with E-state index in [1.807, 2.05) is 6.92 Å². The van der Waals surface area contributed by atoms with Crippen molar-refractivity contribution in [2.45, 2.75) is 46.1 Å². The monoisotopic (exact) mass is 253 g/mol. The summed E-state index contributed by atoms with van der Waals surface area (Å²) in [5.74, 6) is 1.05. The van der Waals surface area contributed by atoms with Crippen molar-refractivity contribution in [3.8, 4) is 6.01 Å². The number of hydrogen-bond donors (Lipinski definition) is 2. The standard InChI is InChI=1S/C12H23N5O/c1-6-12(4,7-2)17-10-14-9(13-5)15-11(16-10)18-8-3/h6-8H2,1-5H3,(H2,13,14,15,16,17). The lowest BCUT2D eigenvalue weighted by Gasteiger charge is -2.28. The van der Waals surface area contributed by atoms with Crippen molar-refractivity contribution < 1.29 is 4.74 Å². The molecule has 18 heavy (non-hydrogen) atoms. The van der Waals surface area contributed by atoms with Crippen LogP contribution in [0.4, 0.5) is 11.9 Å².